The number of imide groups is 1. The number of hydrogen-bond donors (Lipinski definition) is 0. The van der Waals surface area contributed by atoms with Gasteiger partial charge in [0.2, 0.25) is 0 Å². The van der Waals surface area contributed by atoms with Gasteiger partial charge in [-0.1, -0.05) is 11.8 Å². The molecule has 0 aliphatic carbocycles. The minimum absolute atomic E-state index is 0.0255. The molecule has 0 saturated heterocycles. The van der Waals surface area contributed by atoms with Gasteiger partial charge in [0.1, 0.15) is 5.78 Å². The summed E-state index contributed by atoms with van der Waals surface area (Å²) in [6.45, 7) is 5.00. The molecule has 4 nitrogen and oxygen atoms in total. The van der Waals surface area contributed by atoms with E-state index in [-0.39, 0.29) is 30.6 Å². The molecule has 0 radical (unpaired) electrons. The first-order chi connectivity index (χ1) is 25.5. The van der Waals surface area contributed by atoms with Crippen molar-refractivity contribution in [3.63, 3.8) is 0 Å². The predicted molar refractivity (Wildman–Crippen MR) is 200 cm³/mol. The summed E-state index contributed by atoms with van der Waals surface area (Å²) in [6, 6.07) is 0. The van der Waals surface area contributed by atoms with Gasteiger partial charge in [-0.25, -0.2) is 0 Å². The number of carbonyl (C=O) groups excluding carboxylic acids is 3. The number of amides is 2. The van der Waals surface area contributed by atoms with Gasteiger partial charge in [0.05, 0.1) is 0 Å². The van der Waals surface area contributed by atoms with Crippen LogP contribution in [0.1, 0.15) is 27.2 Å². The van der Waals surface area contributed by atoms with Crippen molar-refractivity contribution in [1.29, 1.82) is 0 Å². The quantitative estimate of drug-likeness (QED) is 0.338. The van der Waals surface area contributed by atoms with Crippen LogP contribution in [0, 0.1) is 225 Å². The molecule has 52 heavy (non-hydrogen) atoms. The molecule has 0 N–H and O–H groups in total. The summed E-state index contributed by atoms with van der Waals surface area (Å²) in [5, 5.41) is 0. The van der Waals surface area contributed by atoms with Crippen LogP contribution in [0.15, 0.2) is 12.2 Å². The smallest absolute Gasteiger partial charge is 0.253 e. The fourth-order valence-electron chi connectivity index (χ4n) is 2.11. The van der Waals surface area contributed by atoms with Gasteiger partial charge in [-0.3, -0.25) is 19.3 Å². The maximum Gasteiger partial charge on any atom is 0.253 e. The van der Waals surface area contributed by atoms with Gasteiger partial charge in [-0.15, -0.1) is 0 Å². The van der Waals surface area contributed by atoms with E-state index in [4.69, 9.17) is 0 Å². The molecule has 1 heterocycles. The first kappa shape index (κ1) is 42.2. The van der Waals surface area contributed by atoms with Crippen LogP contribution in [0.2, 0.25) is 0 Å². The molecule has 0 unspecified atom stereocenters. The topological polar surface area (TPSA) is 54.5 Å². The maximum atomic E-state index is 10.9. The summed E-state index contributed by atoms with van der Waals surface area (Å²) in [7, 11) is 0. The lowest BCUT2D eigenvalue weighted by Gasteiger charge is -2.11. The lowest BCUT2D eigenvalue weighted by Crippen LogP contribution is -2.31. The van der Waals surface area contributed by atoms with Crippen molar-refractivity contribution in [2.45, 2.75) is 27.2 Å². The lowest BCUT2D eigenvalue weighted by atomic mass is 10.3. The molecule has 2 amide bonds. The Morgan fingerprint density at radius 3 is 0.712 bits per heavy atom. The van der Waals surface area contributed by atoms with Crippen LogP contribution in [-0.4, -0.2) is 29.0 Å². The van der Waals surface area contributed by atoms with Crippen molar-refractivity contribution >= 4 is 17.6 Å². The number of hydrogen-bond acceptors (Lipinski definition) is 3. The van der Waals surface area contributed by atoms with E-state index in [0.29, 0.717) is 0 Å². The molecular weight excluding hydrogens is 639 g/mol. The van der Waals surface area contributed by atoms with E-state index in [1.165, 1.54) is 19.1 Å². The normalized spacial score (nSPS) is 6.71. The number of rotatable bonds is 3. The monoisotopic (exact) mass is 653 g/mol. The summed E-state index contributed by atoms with van der Waals surface area (Å²) in [5.41, 5.74) is 0. The Morgan fingerprint density at radius 1 is 0.385 bits per heavy atom. The SMILES string of the molecule is CC#CC#CC#CC#CC#CC#CC#CC#CC#CC#CC#CC#CC#CC#CC#CC#CC#CC#CC#CC.CC(=O)CCN1C(=O)C=CC1=O. The fraction of sp³-hybridized carbons (Fsp3) is 0.104. The van der Waals surface area contributed by atoms with Gasteiger partial charge >= 0.3 is 0 Å². The number of ketones is 1. The van der Waals surface area contributed by atoms with Crippen LogP contribution in [0.25, 0.3) is 0 Å². The zero-order chi connectivity index (χ0) is 38.0. The second kappa shape index (κ2) is 34.1. The van der Waals surface area contributed by atoms with E-state index in [0.717, 1.165) is 4.90 Å². The first-order valence-electron chi connectivity index (χ1n) is 13.9. The largest absolute Gasteiger partial charge is 0.300 e. The Hall–Kier alpha value is -9.81. The summed E-state index contributed by atoms with van der Waals surface area (Å²) in [5.74, 6) is 94.9. The van der Waals surface area contributed by atoms with Gasteiger partial charge < -0.3 is 0 Å². The van der Waals surface area contributed by atoms with Gasteiger partial charge in [0.15, 0.2) is 0 Å². The first-order valence-corrected chi connectivity index (χ1v) is 13.9. The van der Waals surface area contributed by atoms with E-state index in [9.17, 15) is 14.4 Å². The average Bonchev–Trinajstić information content (AvgIpc) is 3.46. The highest BCUT2D eigenvalue weighted by molar-refractivity contribution is 6.13. The van der Waals surface area contributed by atoms with Crippen molar-refractivity contribution in [1.82, 2.24) is 4.90 Å². The van der Waals surface area contributed by atoms with E-state index >= 15 is 0 Å². The van der Waals surface area contributed by atoms with Crippen molar-refractivity contribution in [2.24, 2.45) is 0 Å². The van der Waals surface area contributed by atoms with Crippen molar-refractivity contribution in [3.8, 4) is 225 Å². The lowest BCUT2D eigenvalue weighted by molar-refractivity contribution is -0.137. The van der Waals surface area contributed by atoms with Crippen LogP contribution in [0.5, 0.6) is 0 Å². The maximum absolute atomic E-state index is 10.9. The summed E-state index contributed by atoms with van der Waals surface area (Å²) in [4.78, 5) is 33.4. The molecule has 0 spiro atoms. The third-order valence-corrected chi connectivity index (χ3v) is 4.03. The van der Waals surface area contributed by atoms with E-state index < -0.39 is 0 Å². The molecule has 1 rings (SSSR count). The number of carbonyl (C=O) groups is 3. The van der Waals surface area contributed by atoms with E-state index in [1.807, 2.05) is 0 Å². The number of nitrogens with zero attached hydrogens (tertiary/aromatic N) is 1. The Morgan fingerprint density at radius 2 is 0.558 bits per heavy atom. The number of Topliss-reactive ketones (excluding diaryl/α,β-unsaturated/α-hetero) is 1. The third-order valence-electron chi connectivity index (χ3n) is 4.03. The fourth-order valence-corrected chi connectivity index (χ4v) is 2.11. The van der Waals surface area contributed by atoms with Gasteiger partial charge in [-0.2, -0.15) is 0 Å². The highest BCUT2D eigenvalue weighted by atomic mass is 16.2. The predicted octanol–water partition coefficient (Wildman–Crippen LogP) is 0.981. The van der Waals surface area contributed by atoms with E-state index in [2.05, 4.69) is 225 Å². The highest BCUT2D eigenvalue weighted by Gasteiger charge is 2.22. The standard InChI is InChI=1S/C40H6.C8H9NO3/c1-3-5-7-9-11-13-15-17-19-21-23-25-27-29-31-33-35-37-39-40-38-36-34-32-30-28-26-24-22-20-18-16-14-12-10-8-6-4-2;1-6(10)4-5-9-7(11)2-3-8(9)12/h1-2H3;2-3H,4-5H2,1H3. The second-order valence-corrected chi connectivity index (χ2v) is 7.61. The molecule has 0 saturated carbocycles. The molecule has 1 aliphatic rings. The van der Waals surface area contributed by atoms with Crippen molar-refractivity contribution in [3.05, 3.63) is 12.2 Å². The second-order valence-electron chi connectivity index (χ2n) is 7.61. The van der Waals surface area contributed by atoms with Crippen LogP contribution >= 0.6 is 0 Å². The molecule has 1 aliphatic heterocycles. The Kier molecular flexibility index (Phi) is 27.6. The van der Waals surface area contributed by atoms with Gasteiger partial charge in [0.25, 0.3) is 11.8 Å². The molecule has 0 aromatic heterocycles. The van der Waals surface area contributed by atoms with Crippen molar-refractivity contribution < 1.29 is 14.4 Å². The molecule has 0 aromatic rings. The summed E-state index contributed by atoms with van der Waals surface area (Å²) in [6.07, 6.45) is 2.66. The van der Waals surface area contributed by atoms with Crippen LogP contribution in [0.3, 0.4) is 0 Å². The zero-order valence-corrected chi connectivity index (χ0v) is 27.7. The van der Waals surface area contributed by atoms with Crippen LogP contribution < -0.4 is 0 Å². The minimum atomic E-state index is -0.332. The summed E-state index contributed by atoms with van der Waals surface area (Å²) < 4.78 is 0. The molecular formula is C48H15NO3. The van der Waals surface area contributed by atoms with Gasteiger partial charge in [-0.05, 0) is 115 Å². The molecule has 0 aromatic carbocycles. The average molecular weight is 654 g/mol. The van der Waals surface area contributed by atoms with E-state index in [1.54, 1.807) is 13.8 Å². The zero-order valence-electron chi connectivity index (χ0n) is 27.7. The molecule has 0 bridgehead atoms. The van der Waals surface area contributed by atoms with Crippen LogP contribution in [-0.2, 0) is 14.4 Å². The molecule has 0 fully saturated rings. The Bertz CT molecular complexity index is 2590. The highest BCUT2D eigenvalue weighted by Crippen LogP contribution is 2.03. The summed E-state index contributed by atoms with van der Waals surface area (Å²) >= 11 is 0. The Labute approximate surface area is 306 Å². The Balaban J connectivity index is 0.00000181. The van der Waals surface area contributed by atoms with Gasteiger partial charge in [0, 0.05) is 144 Å². The minimum Gasteiger partial charge on any atom is -0.300 e. The van der Waals surface area contributed by atoms with Crippen molar-refractivity contribution in [2.75, 3.05) is 6.54 Å². The van der Waals surface area contributed by atoms with Crippen LogP contribution in [0.4, 0.5) is 0 Å². The molecule has 0 atom stereocenters. The molecule has 4 heteroatoms. The molecule has 230 valence electrons. The third kappa shape index (κ3) is 30.2.